The van der Waals surface area contributed by atoms with Crippen LogP contribution in [0.3, 0.4) is 0 Å². The number of nitrogens with zero attached hydrogens (tertiary/aromatic N) is 3. The third kappa shape index (κ3) is 7.55. The summed E-state index contributed by atoms with van der Waals surface area (Å²) in [6, 6.07) is 14.9. The molecule has 1 aromatic heterocycles. The van der Waals surface area contributed by atoms with Crippen LogP contribution in [0.25, 0.3) is 0 Å². The van der Waals surface area contributed by atoms with Crippen LogP contribution in [0.4, 0.5) is 9.18 Å². The standard InChI is InChI=1S/C28H33FN4O4/c1-28(2,3)37-27(35)31-24(18-33-15-4-14-30-33)19-36-25-11-7-21(8-12-25)26(34)32-16-13-22(17-32)20-5-9-23(29)10-6-20/h4-12,14-15,22,24H,13,16-19H2,1-3H3,(H,31,35)/t22-,24+/m0/s1. The average molecular weight is 509 g/mol. The molecule has 196 valence electrons. The third-order valence-corrected chi connectivity index (χ3v) is 6.06. The van der Waals surface area contributed by atoms with E-state index >= 15 is 0 Å². The van der Waals surface area contributed by atoms with Crippen molar-refractivity contribution in [3.8, 4) is 5.75 Å². The highest BCUT2D eigenvalue weighted by atomic mass is 19.1. The molecule has 0 unspecified atom stereocenters. The van der Waals surface area contributed by atoms with Gasteiger partial charge in [-0.2, -0.15) is 5.10 Å². The van der Waals surface area contributed by atoms with Gasteiger partial charge in [0, 0.05) is 37.0 Å². The van der Waals surface area contributed by atoms with E-state index in [0.717, 1.165) is 12.0 Å². The number of halogens is 1. The Morgan fingerprint density at radius 1 is 1.14 bits per heavy atom. The van der Waals surface area contributed by atoms with Gasteiger partial charge in [-0.3, -0.25) is 9.48 Å². The summed E-state index contributed by atoms with van der Waals surface area (Å²) >= 11 is 0. The van der Waals surface area contributed by atoms with Crippen molar-refractivity contribution in [3.05, 3.63) is 83.9 Å². The van der Waals surface area contributed by atoms with E-state index in [1.54, 1.807) is 68.0 Å². The van der Waals surface area contributed by atoms with Crippen molar-refractivity contribution < 1.29 is 23.5 Å². The largest absolute Gasteiger partial charge is 0.491 e. The zero-order valence-electron chi connectivity index (χ0n) is 21.4. The van der Waals surface area contributed by atoms with Crippen molar-refractivity contribution in [2.45, 2.75) is 51.3 Å². The second-order valence-corrected chi connectivity index (χ2v) is 10.2. The second-order valence-electron chi connectivity index (χ2n) is 10.2. The Bertz CT molecular complexity index is 1170. The zero-order valence-corrected chi connectivity index (χ0v) is 21.4. The van der Waals surface area contributed by atoms with Gasteiger partial charge in [0.1, 0.15) is 23.8 Å². The quantitative estimate of drug-likeness (QED) is 0.480. The molecule has 0 bridgehead atoms. The van der Waals surface area contributed by atoms with Gasteiger partial charge >= 0.3 is 6.09 Å². The number of likely N-dealkylation sites (tertiary alicyclic amines) is 1. The number of benzene rings is 2. The highest BCUT2D eigenvalue weighted by Gasteiger charge is 2.28. The maximum absolute atomic E-state index is 13.2. The Labute approximate surface area is 216 Å². The summed E-state index contributed by atoms with van der Waals surface area (Å²) < 4.78 is 26.2. The molecule has 2 heterocycles. The summed E-state index contributed by atoms with van der Waals surface area (Å²) in [5.74, 6) is 0.486. The molecule has 0 spiro atoms. The number of hydrogen-bond acceptors (Lipinski definition) is 5. The first-order valence-electron chi connectivity index (χ1n) is 12.4. The maximum atomic E-state index is 13.2. The van der Waals surface area contributed by atoms with E-state index in [-0.39, 0.29) is 30.3 Å². The van der Waals surface area contributed by atoms with Crippen LogP contribution in [0.5, 0.6) is 5.75 Å². The molecular formula is C28H33FN4O4. The van der Waals surface area contributed by atoms with Crippen molar-refractivity contribution in [1.82, 2.24) is 20.0 Å². The molecule has 8 nitrogen and oxygen atoms in total. The van der Waals surface area contributed by atoms with Crippen molar-refractivity contribution >= 4 is 12.0 Å². The van der Waals surface area contributed by atoms with Gasteiger partial charge in [0.2, 0.25) is 0 Å². The number of nitrogens with one attached hydrogen (secondary N) is 1. The molecule has 1 saturated heterocycles. The number of alkyl carbamates (subject to hydrolysis) is 1. The summed E-state index contributed by atoms with van der Waals surface area (Å²) in [4.78, 5) is 27.2. The predicted molar refractivity (Wildman–Crippen MR) is 137 cm³/mol. The molecule has 2 amide bonds. The number of ether oxygens (including phenoxy) is 2. The first-order valence-corrected chi connectivity index (χ1v) is 12.4. The van der Waals surface area contributed by atoms with Gasteiger partial charge in [-0.1, -0.05) is 12.1 Å². The molecule has 0 aliphatic carbocycles. The monoisotopic (exact) mass is 508 g/mol. The molecule has 1 N–H and O–H groups in total. The van der Waals surface area contributed by atoms with Crippen LogP contribution in [-0.2, 0) is 11.3 Å². The average Bonchev–Trinajstić information content (AvgIpc) is 3.54. The Morgan fingerprint density at radius 3 is 2.51 bits per heavy atom. The summed E-state index contributed by atoms with van der Waals surface area (Å²) in [7, 11) is 0. The first kappa shape index (κ1) is 26.2. The lowest BCUT2D eigenvalue weighted by Gasteiger charge is -2.24. The fourth-order valence-corrected chi connectivity index (χ4v) is 4.27. The molecule has 2 aromatic carbocycles. The van der Waals surface area contributed by atoms with Gasteiger partial charge < -0.3 is 19.7 Å². The number of hydrogen-bond donors (Lipinski definition) is 1. The second kappa shape index (κ2) is 11.5. The Balaban J connectivity index is 1.33. The summed E-state index contributed by atoms with van der Waals surface area (Å²) in [5.41, 5.74) is 1.01. The van der Waals surface area contributed by atoms with E-state index in [2.05, 4.69) is 10.4 Å². The van der Waals surface area contributed by atoms with E-state index < -0.39 is 11.7 Å². The Hall–Kier alpha value is -3.88. The van der Waals surface area contributed by atoms with Gasteiger partial charge in [-0.15, -0.1) is 0 Å². The van der Waals surface area contributed by atoms with Crippen LogP contribution in [0, 0.1) is 5.82 Å². The van der Waals surface area contributed by atoms with E-state index in [9.17, 15) is 14.0 Å². The molecule has 1 aliphatic rings. The molecule has 37 heavy (non-hydrogen) atoms. The molecule has 0 saturated carbocycles. The predicted octanol–water partition coefficient (Wildman–Crippen LogP) is 4.62. The lowest BCUT2D eigenvalue weighted by Crippen LogP contribution is -2.44. The van der Waals surface area contributed by atoms with E-state index in [0.29, 0.717) is 30.9 Å². The summed E-state index contributed by atoms with van der Waals surface area (Å²) in [6.45, 7) is 7.28. The number of rotatable bonds is 8. The van der Waals surface area contributed by atoms with Crippen LogP contribution >= 0.6 is 0 Å². The highest BCUT2D eigenvalue weighted by molar-refractivity contribution is 5.94. The van der Waals surface area contributed by atoms with E-state index in [4.69, 9.17) is 9.47 Å². The maximum Gasteiger partial charge on any atom is 0.408 e. The molecule has 3 aromatic rings. The minimum absolute atomic E-state index is 0.0423. The van der Waals surface area contributed by atoms with Gasteiger partial charge in [-0.05, 0) is 75.2 Å². The molecule has 9 heteroatoms. The van der Waals surface area contributed by atoms with Crippen LogP contribution in [0.1, 0.15) is 49.0 Å². The zero-order chi connectivity index (χ0) is 26.4. The van der Waals surface area contributed by atoms with Gasteiger partial charge in [0.05, 0.1) is 12.6 Å². The van der Waals surface area contributed by atoms with E-state index in [1.807, 2.05) is 17.2 Å². The summed E-state index contributed by atoms with van der Waals surface area (Å²) in [6.07, 6.45) is 3.80. The minimum atomic E-state index is -0.613. The number of amides is 2. The van der Waals surface area contributed by atoms with Crippen molar-refractivity contribution in [2.75, 3.05) is 19.7 Å². The van der Waals surface area contributed by atoms with Crippen LogP contribution < -0.4 is 10.1 Å². The Kier molecular flexibility index (Phi) is 8.11. The molecular weight excluding hydrogens is 475 g/mol. The molecule has 2 atom stereocenters. The highest BCUT2D eigenvalue weighted by Crippen LogP contribution is 2.28. The van der Waals surface area contributed by atoms with Crippen LogP contribution in [0.15, 0.2) is 67.0 Å². The van der Waals surface area contributed by atoms with Gasteiger partial charge in [0.15, 0.2) is 0 Å². The van der Waals surface area contributed by atoms with Crippen molar-refractivity contribution in [2.24, 2.45) is 0 Å². The minimum Gasteiger partial charge on any atom is -0.491 e. The fraction of sp³-hybridized carbons (Fsp3) is 0.393. The fourth-order valence-electron chi connectivity index (χ4n) is 4.27. The Morgan fingerprint density at radius 2 is 1.86 bits per heavy atom. The SMILES string of the molecule is CC(C)(C)OC(=O)N[C@@H](COc1ccc(C(=O)N2CC[C@H](c3ccc(F)cc3)C2)cc1)Cn1cccn1. The number of carbonyl (C=O) groups excluding carboxylic acids is 2. The third-order valence-electron chi connectivity index (χ3n) is 6.06. The summed E-state index contributed by atoms with van der Waals surface area (Å²) in [5, 5.41) is 7.04. The lowest BCUT2D eigenvalue weighted by atomic mass is 9.99. The van der Waals surface area contributed by atoms with Crippen molar-refractivity contribution in [1.29, 1.82) is 0 Å². The molecule has 0 radical (unpaired) electrons. The van der Waals surface area contributed by atoms with Crippen LogP contribution in [-0.4, -0.2) is 58.0 Å². The molecule has 1 fully saturated rings. The normalized spacial score (nSPS) is 16.3. The lowest BCUT2D eigenvalue weighted by molar-refractivity contribution is 0.0479. The van der Waals surface area contributed by atoms with Gasteiger partial charge in [0.25, 0.3) is 5.91 Å². The molecule has 4 rings (SSSR count). The number of aromatic nitrogens is 2. The first-order chi connectivity index (χ1) is 17.7. The smallest absolute Gasteiger partial charge is 0.408 e. The van der Waals surface area contributed by atoms with Crippen molar-refractivity contribution in [3.63, 3.8) is 0 Å². The van der Waals surface area contributed by atoms with Crippen LogP contribution in [0.2, 0.25) is 0 Å². The number of carbonyl (C=O) groups is 2. The van der Waals surface area contributed by atoms with E-state index in [1.165, 1.54) is 12.1 Å². The topological polar surface area (TPSA) is 85.7 Å². The van der Waals surface area contributed by atoms with Gasteiger partial charge in [-0.25, -0.2) is 9.18 Å². The molecule has 1 aliphatic heterocycles.